The van der Waals surface area contributed by atoms with E-state index in [9.17, 15) is 9.18 Å². The van der Waals surface area contributed by atoms with E-state index in [4.69, 9.17) is 9.47 Å². The summed E-state index contributed by atoms with van der Waals surface area (Å²) in [5.41, 5.74) is 0.945. The fourth-order valence-corrected chi connectivity index (χ4v) is 2.82. The van der Waals surface area contributed by atoms with Gasteiger partial charge in [-0.2, -0.15) is 4.68 Å². The van der Waals surface area contributed by atoms with Crippen LogP contribution in [0.15, 0.2) is 53.7 Å². The molecule has 0 fully saturated rings. The zero-order valence-corrected chi connectivity index (χ0v) is 15.6. The van der Waals surface area contributed by atoms with Crippen LogP contribution < -0.4 is 4.74 Å². The molecule has 0 aliphatic heterocycles. The van der Waals surface area contributed by atoms with E-state index in [-0.39, 0.29) is 12.2 Å². The summed E-state index contributed by atoms with van der Waals surface area (Å²) in [5, 5.41) is 12.2. The van der Waals surface area contributed by atoms with Crippen molar-refractivity contribution < 1.29 is 18.7 Å². The zero-order valence-electron chi connectivity index (χ0n) is 14.8. The molecule has 28 heavy (non-hydrogen) atoms. The van der Waals surface area contributed by atoms with Crippen LogP contribution >= 0.6 is 11.8 Å². The monoisotopic (exact) mass is 398 g/mol. The summed E-state index contributed by atoms with van der Waals surface area (Å²) >= 11 is 1.35. The Hall–Kier alpha value is -3.38. The third-order valence-electron chi connectivity index (χ3n) is 3.49. The van der Waals surface area contributed by atoms with E-state index >= 15 is 0 Å². The van der Waals surface area contributed by atoms with Crippen molar-refractivity contribution >= 4 is 17.7 Å². The normalized spacial score (nSPS) is 10.1. The molecule has 1 aromatic heterocycles. The second kappa shape index (κ2) is 9.53. The van der Waals surface area contributed by atoms with Crippen LogP contribution in [0.25, 0.3) is 5.69 Å². The number of esters is 1. The summed E-state index contributed by atoms with van der Waals surface area (Å²) in [5.74, 6) is 5.64. The van der Waals surface area contributed by atoms with E-state index in [1.165, 1.54) is 30.0 Å². The molecule has 3 aromatic rings. The Morgan fingerprint density at radius 3 is 2.79 bits per heavy atom. The summed E-state index contributed by atoms with van der Waals surface area (Å²) in [6.07, 6.45) is 0. The first-order valence-electron chi connectivity index (χ1n) is 8.11. The van der Waals surface area contributed by atoms with Crippen LogP contribution in [0, 0.1) is 17.7 Å². The van der Waals surface area contributed by atoms with Gasteiger partial charge in [0.15, 0.2) is 6.61 Å². The Bertz CT molecular complexity index is 1010. The molecule has 0 atom stereocenters. The van der Waals surface area contributed by atoms with Crippen molar-refractivity contribution in [2.75, 3.05) is 19.5 Å². The maximum atomic E-state index is 13.1. The number of carbonyl (C=O) groups is 1. The Morgan fingerprint density at radius 2 is 2.04 bits per heavy atom. The van der Waals surface area contributed by atoms with Gasteiger partial charge in [0.1, 0.15) is 11.6 Å². The number of thioether (sulfide) groups is 1. The fourth-order valence-electron chi connectivity index (χ4n) is 2.16. The molecule has 142 valence electrons. The molecule has 7 nitrogen and oxygen atoms in total. The molecule has 0 amide bonds. The van der Waals surface area contributed by atoms with Crippen molar-refractivity contribution in [1.29, 1.82) is 0 Å². The Kier molecular flexibility index (Phi) is 6.59. The van der Waals surface area contributed by atoms with Gasteiger partial charge >= 0.3 is 5.97 Å². The van der Waals surface area contributed by atoms with Crippen LogP contribution in [0.5, 0.6) is 5.75 Å². The van der Waals surface area contributed by atoms with Crippen molar-refractivity contribution in [3.8, 4) is 23.3 Å². The molecule has 2 aromatic carbocycles. The maximum Gasteiger partial charge on any atom is 0.339 e. The van der Waals surface area contributed by atoms with Crippen LogP contribution in [0.2, 0.25) is 0 Å². The number of aromatic nitrogens is 4. The van der Waals surface area contributed by atoms with E-state index < -0.39 is 11.8 Å². The fraction of sp³-hybridized carbons (Fsp3) is 0.158. The second-order valence-electron chi connectivity index (χ2n) is 5.30. The van der Waals surface area contributed by atoms with Gasteiger partial charge in [0.2, 0.25) is 5.16 Å². The molecule has 0 bridgehead atoms. The molecule has 0 aliphatic rings. The lowest BCUT2D eigenvalue weighted by Crippen LogP contribution is -2.05. The highest BCUT2D eigenvalue weighted by Crippen LogP contribution is 2.19. The van der Waals surface area contributed by atoms with Crippen molar-refractivity contribution in [1.82, 2.24) is 20.2 Å². The molecule has 0 saturated carbocycles. The lowest BCUT2D eigenvalue weighted by atomic mass is 10.2. The highest BCUT2D eigenvalue weighted by atomic mass is 32.2. The molecule has 0 unspecified atom stereocenters. The van der Waals surface area contributed by atoms with Crippen molar-refractivity contribution in [2.24, 2.45) is 0 Å². The van der Waals surface area contributed by atoms with Crippen LogP contribution in [0.4, 0.5) is 4.39 Å². The molecule has 0 aliphatic carbocycles. The van der Waals surface area contributed by atoms with Gasteiger partial charge in [0.05, 0.1) is 24.1 Å². The van der Waals surface area contributed by atoms with Gasteiger partial charge in [-0.1, -0.05) is 29.7 Å². The van der Waals surface area contributed by atoms with Crippen molar-refractivity contribution in [3.63, 3.8) is 0 Å². The predicted molar refractivity (Wildman–Crippen MR) is 101 cm³/mol. The lowest BCUT2D eigenvalue weighted by molar-refractivity contribution is 0.0556. The number of hydrogen-bond donors (Lipinski definition) is 0. The van der Waals surface area contributed by atoms with E-state index in [2.05, 4.69) is 27.4 Å². The topological polar surface area (TPSA) is 79.1 Å². The Balaban J connectivity index is 1.50. The number of rotatable bonds is 6. The first kappa shape index (κ1) is 19.4. The number of hydrogen-bond acceptors (Lipinski definition) is 7. The number of benzene rings is 2. The maximum absolute atomic E-state index is 13.1. The quantitative estimate of drug-likeness (QED) is 0.359. The third kappa shape index (κ3) is 5.08. The van der Waals surface area contributed by atoms with Gasteiger partial charge in [-0.25, -0.2) is 9.18 Å². The standard InChI is InChI=1S/C19H15FN4O3S/c1-26-17-9-7-16(8-10-17)24-19(21-22-23-24)28-12-3-2-11-27-18(25)14-5-4-6-15(20)13-14/h4-10,13H,11-12H2,1H3. The highest BCUT2D eigenvalue weighted by molar-refractivity contribution is 7.99. The first-order chi connectivity index (χ1) is 13.7. The minimum absolute atomic E-state index is 0.0840. The highest BCUT2D eigenvalue weighted by Gasteiger charge is 2.09. The molecule has 9 heteroatoms. The molecule has 0 N–H and O–H groups in total. The first-order valence-corrected chi connectivity index (χ1v) is 9.10. The van der Waals surface area contributed by atoms with Crippen molar-refractivity contribution in [2.45, 2.75) is 5.16 Å². The van der Waals surface area contributed by atoms with E-state index in [1.54, 1.807) is 11.8 Å². The number of methoxy groups -OCH3 is 1. The van der Waals surface area contributed by atoms with E-state index in [1.807, 2.05) is 24.3 Å². The summed E-state index contributed by atoms with van der Waals surface area (Å²) < 4.78 is 24.8. The number of carbonyl (C=O) groups excluding carboxylic acids is 1. The minimum atomic E-state index is -0.620. The second-order valence-corrected chi connectivity index (χ2v) is 6.24. The summed E-state index contributed by atoms with van der Waals surface area (Å²) in [7, 11) is 1.60. The molecule has 0 spiro atoms. The molecule has 1 heterocycles. The van der Waals surface area contributed by atoms with Crippen molar-refractivity contribution in [3.05, 3.63) is 59.9 Å². The number of ether oxygens (including phenoxy) is 2. The summed E-state index contributed by atoms with van der Waals surface area (Å²) in [4.78, 5) is 11.8. The average molecular weight is 398 g/mol. The van der Waals surface area contributed by atoms with Gasteiger partial charge in [0.25, 0.3) is 0 Å². The Morgan fingerprint density at radius 1 is 1.21 bits per heavy atom. The lowest BCUT2D eigenvalue weighted by Gasteiger charge is -2.04. The molecule has 3 rings (SSSR count). The van der Waals surface area contributed by atoms with Gasteiger partial charge in [0, 0.05) is 0 Å². The third-order valence-corrected chi connectivity index (χ3v) is 4.29. The number of nitrogens with zero attached hydrogens (tertiary/aromatic N) is 4. The van der Waals surface area contributed by atoms with Gasteiger partial charge in [-0.3, -0.25) is 0 Å². The molecular formula is C19H15FN4O3S. The smallest absolute Gasteiger partial charge is 0.339 e. The van der Waals surface area contributed by atoms with Gasteiger partial charge in [-0.15, -0.1) is 5.10 Å². The summed E-state index contributed by atoms with van der Waals surface area (Å²) in [6.45, 7) is -0.0840. The van der Waals surface area contributed by atoms with Crippen LogP contribution in [0.1, 0.15) is 10.4 Å². The van der Waals surface area contributed by atoms with E-state index in [0.29, 0.717) is 10.9 Å². The van der Waals surface area contributed by atoms with E-state index in [0.717, 1.165) is 17.5 Å². The SMILES string of the molecule is COc1ccc(-n2nnnc2SCC#CCOC(=O)c2cccc(F)c2)cc1. The van der Waals surface area contributed by atoms with Gasteiger partial charge < -0.3 is 9.47 Å². The Labute approximate surface area is 164 Å². The molecule has 0 saturated heterocycles. The molecule has 0 radical (unpaired) electrons. The van der Waals surface area contributed by atoms with Crippen LogP contribution in [0.3, 0.4) is 0 Å². The average Bonchev–Trinajstić information content (AvgIpc) is 3.19. The summed E-state index contributed by atoms with van der Waals surface area (Å²) in [6, 6.07) is 12.6. The number of halogens is 1. The zero-order chi connectivity index (χ0) is 19.8. The predicted octanol–water partition coefficient (Wildman–Crippen LogP) is 2.76. The molecular weight excluding hydrogens is 383 g/mol. The minimum Gasteiger partial charge on any atom is -0.497 e. The number of tetrazole rings is 1. The van der Waals surface area contributed by atoms with Gasteiger partial charge in [-0.05, 0) is 52.9 Å². The largest absolute Gasteiger partial charge is 0.497 e. The van der Waals surface area contributed by atoms with Crippen LogP contribution in [-0.2, 0) is 4.74 Å². The van der Waals surface area contributed by atoms with Crippen LogP contribution in [-0.4, -0.2) is 45.6 Å².